The molecule has 0 bridgehead atoms. The van der Waals surface area contributed by atoms with Gasteiger partial charge < -0.3 is 5.11 Å². The van der Waals surface area contributed by atoms with E-state index in [1.807, 2.05) is 9.78 Å². The minimum Gasteiger partial charge on any atom is -0.478 e. The molecule has 2 heterocycles. The van der Waals surface area contributed by atoms with Crippen LogP contribution in [0.2, 0.25) is 0 Å². The minimum atomic E-state index is -0.964. The molecule has 4 nitrogen and oxygen atoms in total. The van der Waals surface area contributed by atoms with Crippen LogP contribution in [-0.4, -0.2) is 20.5 Å². The SMILES string of the molecule is CCc1ccc(-c2csc3ncc(/C=C/C(=O)O)n23)cc1. The molecule has 1 aromatic carbocycles. The quantitative estimate of drug-likeness (QED) is 0.747. The normalized spacial score (nSPS) is 11.5. The lowest BCUT2D eigenvalue weighted by Crippen LogP contribution is -1.91. The van der Waals surface area contributed by atoms with Gasteiger partial charge >= 0.3 is 5.97 Å². The summed E-state index contributed by atoms with van der Waals surface area (Å²) in [5, 5.41) is 10.8. The molecule has 0 radical (unpaired) electrons. The number of aryl methyl sites for hydroxylation is 1. The number of nitrogens with zero attached hydrogens (tertiary/aromatic N) is 2. The molecule has 3 rings (SSSR count). The van der Waals surface area contributed by atoms with Gasteiger partial charge in [-0.25, -0.2) is 9.78 Å². The zero-order chi connectivity index (χ0) is 14.8. The monoisotopic (exact) mass is 298 g/mol. The standard InChI is InChI=1S/C16H14N2O2S/c1-2-11-3-5-12(6-4-11)14-10-21-16-17-9-13(18(14)16)7-8-15(19)20/h3-10H,2H2,1H3,(H,19,20)/b8-7+. The fourth-order valence-electron chi connectivity index (χ4n) is 2.22. The van der Waals surface area contributed by atoms with Crippen molar-refractivity contribution in [3.05, 3.63) is 53.2 Å². The van der Waals surface area contributed by atoms with Gasteiger partial charge in [0.05, 0.1) is 17.6 Å². The van der Waals surface area contributed by atoms with E-state index in [0.29, 0.717) is 0 Å². The largest absolute Gasteiger partial charge is 0.478 e. The Kier molecular flexibility index (Phi) is 3.58. The predicted octanol–water partition coefficient (Wildman–Crippen LogP) is 3.72. The Morgan fingerprint density at radius 3 is 2.81 bits per heavy atom. The van der Waals surface area contributed by atoms with E-state index in [0.717, 1.165) is 34.4 Å². The summed E-state index contributed by atoms with van der Waals surface area (Å²) in [5.41, 5.74) is 4.19. The van der Waals surface area contributed by atoms with Gasteiger partial charge in [-0.1, -0.05) is 31.2 Å². The number of hydrogen-bond donors (Lipinski definition) is 1. The topological polar surface area (TPSA) is 54.6 Å². The summed E-state index contributed by atoms with van der Waals surface area (Å²) in [7, 11) is 0. The van der Waals surface area contributed by atoms with Gasteiger partial charge in [-0.2, -0.15) is 0 Å². The predicted molar refractivity (Wildman–Crippen MR) is 84.6 cm³/mol. The summed E-state index contributed by atoms with van der Waals surface area (Å²) in [6.45, 7) is 2.13. The van der Waals surface area contributed by atoms with Crippen molar-refractivity contribution in [2.75, 3.05) is 0 Å². The van der Waals surface area contributed by atoms with Crippen LogP contribution < -0.4 is 0 Å². The van der Waals surface area contributed by atoms with Gasteiger partial charge in [0, 0.05) is 11.5 Å². The molecule has 2 aromatic heterocycles. The lowest BCUT2D eigenvalue weighted by Gasteiger charge is -2.03. The van der Waals surface area contributed by atoms with Gasteiger partial charge in [-0.05, 0) is 23.6 Å². The van der Waals surface area contributed by atoms with Crippen molar-refractivity contribution in [1.29, 1.82) is 0 Å². The Hall–Kier alpha value is -2.40. The van der Waals surface area contributed by atoms with Crippen molar-refractivity contribution in [3.63, 3.8) is 0 Å². The number of hydrogen-bond acceptors (Lipinski definition) is 3. The molecular formula is C16H14N2O2S. The average Bonchev–Trinajstić information content (AvgIpc) is 3.07. The molecule has 0 unspecified atom stereocenters. The number of carboxylic acid groups (broad SMARTS) is 1. The van der Waals surface area contributed by atoms with E-state index in [1.54, 1.807) is 23.6 Å². The van der Waals surface area contributed by atoms with Crippen LogP contribution in [0.3, 0.4) is 0 Å². The third kappa shape index (κ3) is 2.60. The van der Waals surface area contributed by atoms with E-state index in [1.165, 1.54) is 5.56 Å². The van der Waals surface area contributed by atoms with Crippen LogP contribution in [0, 0.1) is 0 Å². The van der Waals surface area contributed by atoms with E-state index >= 15 is 0 Å². The number of aliphatic carboxylic acids is 1. The second-order valence-corrected chi connectivity index (χ2v) is 5.48. The maximum absolute atomic E-state index is 10.7. The Labute approximate surface area is 126 Å². The molecule has 1 N–H and O–H groups in total. The first kappa shape index (κ1) is 13.6. The molecule has 3 aromatic rings. The van der Waals surface area contributed by atoms with E-state index in [2.05, 4.69) is 36.2 Å². The van der Waals surface area contributed by atoms with Crippen molar-refractivity contribution < 1.29 is 9.90 Å². The number of carbonyl (C=O) groups is 1. The molecule has 0 aliphatic carbocycles. The molecule has 0 spiro atoms. The third-order valence-electron chi connectivity index (χ3n) is 3.33. The van der Waals surface area contributed by atoms with Crippen LogP contribution in [-0.2, 0) is 11.2 Å². The molecule has 0 amide bonds. The van der Waals surface area contributed by atoms with Crippen LogP contribution in [0.25, 0.3) is 22.3 Å². The lowest BCUT2D eigenvalue weighted by molar-refractivity contribution is -0.131. The summed E-state index contributed by atoms with van der Waals surface area (Å²) in [5.74, 6) is -0.964. The Balaban J connectivity index is 2.09. The molecule has 5 heteroatoms. The summed E-state index contributed by atoms with van der Waals surface area (Å²) < 4.78 is 1.98. The number of thiazole rings is 1. The first-order valence-corrected chi connectivity index (χ1v) is 7.52. The fraction of sp³-hybridized carbons (Fsp3) is 0.125. The number of fused-ring (bicyclic) bond motifs is 1. The first-order valence-electron chi connectivity index (χ1n) is 6.64. The lowest BCUT2D eigenvalue weighted by atomic mass is 10.1. The minimum absolute atomic E-state index is 0.767. The maximum atomic E-state index is 10.7. The highest BCUT2D eigenvalue weighted by molar-refractivity contribution is 7.15. The van der Waals surface area contributed by atoms with Crippen LogP contribution in [0.5, 0.6) is 0 Å². The zero-order valence-corrected chi connectivity index (χ0v) is 12.3. The van der Waals surface area contributed by atoms with Crippen LogP contribution in [0.4, 0.5) is 0 Å². The molecule has 0 aliphatic rings. The molecule has 21 heavy (non-hydrogen) atoms. The molecule has 0 aliphatic heterocycles. The highest BCUT2D eigenvalue weighted by atomic mass is 32.1. The van der Waals surface area contributed by atoms with Crippen molar-refractivity contribution in [3.8, 4) is 11.3 Å². The third-order valence-corrected chi connectivity index (χ3v) is 4.17. The smallest absolute Gasteiger partial charge is 0.328 e. The number of aromatic nitrogens is 2. The summed E-state index contributed by atoms with van der Waals surface area (Å²) in [4.78, 5) is 15.9. The number of imidazole rings is 1. The second kappa shape index (κ2) is 5.54. The van der Waals surface area contributed by atoms with E-state index < -0.39 is 5.97 Å². The van der Waals surface area contributed by atoms with Crippen molar-refractivity contribution in [1.82, 2.24) is 9.38 Å². The van der Waals surface area contributed by atoms with Crippen molar-refractivity contribution >= 4 is 28.3 Å². The molecule has 0 fully saturated rings. The molecule has 0 atom stereocenters. The van der Waals surface area contributed by atoms with Gasteiger partial charge in [-0.3, -0.25) is 4.40 Å². The first-order chi connectivity index (χ1) is 10.2. The van der Waals surface area contributed by atoms with E-state index in [-0.39, 0.29) is 0 Å². The van der Waals surface area contributed by atoms with Gasteiger partial charge in [0.15, 0.2) is 4.96 Å². The Morgan fingerprint density at radius 1 is 1.38 bits per heavy atom. The maximum Gasteiger partial charge on any atom is 0.328 e. The Bertz CT molecular complexity index is 813. The van der Waals surface area contributed by atoms with Crippen LogP contribution >= 0.6 is 11.3 Å². The highest BCUT2D eigenvalue weighted by Crippen LogP contribution is 2.28. The van der Waals surface area contributed by atoms with Gasteiger partial charge in [0.1, 0.15) is 0 Å². The second-order valence-electron chi connectivity index (χ2n) is 4.64. The number of carboxylic acids is 1. The summed E-state index contributed by atoms with van der Waals surface area (Å²) in [6, 6.07) is 8.40. The molecular weight excluding hydrogens is 284 g/mol. The Morgan fingerprint density at radius 2 is 2.14 bits per heavy atom. The van der Waals surface area contributed by atoms with E-state index in [4.69, 9.17) is 5.11 Å². The van der Waals surface area contributed by atoms with Gasteiger partial charge in [0.2, 0.25) is 0 Å². The van der Waals surface area contributed by atoms with E-state index in [9.17, 15) is 4.79 Å². The summed E-state index contributed by atoms with van der Waals surface area (Å²) in [6.07, 6.45) is 5.40. The van der Waals surface area contributed by atoms with Gasteiger partial charge in [0.25, 0.3) is 0 Å². The fourth-order valence-corrected chi connectivity index (χ4v) is 3.10. The van der Waals surface area contributed by atoms with Crippen LogP contribution in [0.15, 0.2) is 41.9 Å². The summed E-state index contributed by atoms with van der Waals surface area (Å²) >= 11 is 1.54. The van der Waals surface area contributed by atoms with Crippen LogP contribution in [0.1, 0.15) is 18.2 Å². The molecule has 0 saturated carbocycles. The molecule has 0 saturated heterocycles. The number of benzene rings is 1. The highest BCUT2D eigenvalue weighted by Gasteiger charge is 2.10. The molecule has 106 valence electrons. The van der Waals surface area contributed by atoms with Crippen molar-refractivity contribution in [2.45, 2.75) is 13.3 Å². The number of rotatable bonds is 4. The average molecular weight is 298 g/mol. The van der Waals surface area contributed by atoms with Gasteiger partial charge in [-0.15, -0.1) is 11.3 Å². The van der Waals surface area contributed by atoms with Crippen molar-refractivity contribution in [2.24, 2.45) is 0 Å². The zero-order valence-electron chi connectivity index (χ0n) is 11.5.